The Morgan fingerprint density at radius 1 is 1.02 bits per heavy atom. The van der Waals surface area contributed by atoms with Crippen LogP contribution in [0.2, 0.25) is 0 Å². The third-order valence-electron chi connectivity index (χ3n) is 11.2. The fourth-order valence-electron chi connectivity index (χ4n) is 7.97. The first-order chi connectivity index (χ1) is 26.7. The SMILES string of the molecule is COC(=O)C(C)(C)[C@@H](c1ccc(C)c(CN2CC3(CCOCC3)Oc3nc(OCCN4CCOCC4)ccc3S2(=O)=O)c1)c1ccn2c(C(F)F)nnc2c1C. The van der Waals surface area contributed by atoms with Crippen LogP contribution < -0.4 is 9.47 Å². The summed E-state index contributed by atoms with van der Waals surface area (Å²) in [5.74, 6) is -1.34. The molecule has 0 bridgehead atoms. The van der Waals surface area contributed by atoms with Gasteiger partial charge in [-0.1, -0.05) is 18.2 Å². The maximum atomic E-state index is 14.6. The molecule has 1 atom stereocenters. The van der Waals surface area contributed by atoms with E-state index in [4.69, 9.17) is 23.7 Å². The molecule has 302 valence electrons. The molecule has 3 aliphatic heterocycles. The van der Waals surface area contributed by atoms with Gasteiger partial charge in [0.15, 0.2) is 5.65 Å². The van der Waals surface area contributed by atoms with Crippen molar-refractivity contribution in [2.24, 2.45) is 5.41 Å². The van der Waals surface area contributed by atoms with Gasteiger partial charge in [-0.3, -0.25) is 14.1 Å². The number of fused-ring (bicyclic) bond motifs is 2. The van der Waals surface area contributed by atoms with E-state index in [1.807, 2.05) is 25.1 Å². The molecule has 0 saturated carbocycles. The van der Waals surface area contributed by atoms with E-state index in [0.717, 1.165) is 18.7 Å². The maximum Gasteiger partial charge on any atom is 0.312 e. The Bertz CT molecular complexity index is 2190. The number of pyridine rings is 2. The van der Waals surface area contributed by atoms with E-state index >= 15 is 0 Å². The molecule has 0 unspecified atom stereocenters. The number of benzene rings is 1. The summed E-state index contributed by atoms with van der Waals surface area (Å²) in [6.07, 6.45) is -0.442. The van der Waals surface area contributed by atoms with Crippen molar-refractivity contribution >= 4 is 21.6 Å². The molecule has 56 heavy (non-hydrogen) atoms. The monoisotopic (exact) mass is 798 g/mol. The topological polar surface area (TPSA) is 147 Å². The predicted molar refractivity (Wildman–Crippen MR) is 199 cm³/mol. The first-order valence-corrected chi connectivity index (χ1v) is 20.2. The fourth-order valence-corrected chi connectivity index (χ4v) is 9.51. The van der Waals surface area contributed by atoms with Crippen molar-refractivity contribution < 1.29 is 45.7 Å². The van der Waals surface area contributed by atoms with Gasteiger partial charge < -0.3 is 23.7 Å². The summed E-state index contributed by atoms with van der Waals surface area (Å²) < 4.78 is 88.4. The molecule has 3 aromatic heterocycles. The van der Waals surface area contributed by atoms with Crippen molar-refractivity contribution in [2.75, 3.05) is 66.3 Å². The van der Waals surface area contributed by atoms with Gasteiger partial charge >= 0.3 is 5.97 Å². The minimum Gasteiger partial charge on any atom is -0.476 e. The molecular weight excluding hydrogens is 751 g/mol. The Hall–Kier alpha value is -4.29. The van der Waals surface area contributed by atoms with Crippen LogP contribution in [-0.2, 0) is 35.6 Å². The Morgan fingerprint density at radius 3 is 2.46 bits per heavy atom. The molecule has 0 N–H and O–H groups in total. The summed E-state index contributed by atoms with van der Waals surface area (Å²) in [4.78, 5) is 20.2. The summed E-state index contributed by atoms with van der Waals surface area (Å²) in [6.45, 7) is 12.1. The lowest BCUT2D eigenvalue weighted by molar-refractivity contribution is -0.151. The number of carbonyl (C=O) groups is 1. The third kappa shape index (κ3) is 7.71. The van der Waals surface area contributed by atoms with E-state index < -0.39 is 45.2 Å². The summed E-state index contributed by atoms with van der Waals surface area (Å²) in [7, 11) is -2.84. The number of sulfonamides is 1. The highest BCUT2D eigenvalue weighted by atomic mass is 32.2. The Kier molecular flexibility index (Phi) is 11.4. The average Bonchev–Trinajstić information content (AvgIpc) is 3.60. The molecular formula is C39H48F2N6O8S. The van der Waals surface area contributed by atoms with Gasteiger partial charge in [0.1, 0.15) is 17.1 Å². The summed E-state index contributed by atoms with van der Waals surface area (Å²) in [5, 5.41) is 7.78. The van der Waals surface area contributed by atoms with Crippen molar-refractivity contribution in [3.8, 4) is 11.8 Å². The van der Waals surface area contributed by atoms with Crippen LogP contribution in [0.5, 0.6) is 11.8 Å². The molecule has 17 heteroatoms. The lowest BCUT2D eigenvalue weighted by Gasteiger charge is -2.38. The fraction of sp³-hybridized carbons (Fsp3) is 0.538. The normalized spacial score (nSPS) is 19.4. The van der Waals surface area contributed by atoms with E-state index in [2.05, 4.69) is 20.1 Å². The van der Waals surface area contributed by atoms with Crippen molar-refractivity contribution in [1.82, 2.24) is 28.8 Å². The first kappa shape index (κ1) is 39.9. The van der Waals surface area contributed by atoms with Gasteiger partial charge in [-0.25, -0.2) is 17.2 Å². The quantitative estimate of drug-likeness (QED) is 0.191. The van der Waals surface area contributed by atoms with Crippen LogP contribution in [0.1, 0.15) is 72.7 Å². The molecule has 4 aromatic rings. The average molecular weight is 799 g/mol. The Balaban J connectivity index is 1.25. The molecule has 0 radical (unpaired) electrons. The highest BCUT2D eigenvalue weighted by Gasteiger charge is 2.46. The molecule has 2 saturated heterocycles. The molecule has 0 amide bonds. The highest BCUT2D eigenvalue weighted by molar-refractivity contribution is 7.89. The summed E-state index contributed by atoms with van der Waals surface area (Å²) >= 11 is 0. The number of hydrogen-bond donors (Lipinski definition) is 0. The molecule has 6 heterocycles. The number of ether oxygens (including phenoxy) is 5. The predicted octanol–water partition coefficient (Wildman–Crippen LogP) is 4.85. The molecule has 7 rings (SSSR count). The number of rotatable bonds is 11. The Morgan fingerprint density at radius 2 is 1.75 bits per heavy atom. The van der Waals surface area contributed by atoms with E-state index in [1.165, 1.54) is 28.1 Å². The molecule has 0 aliphatic carbocycles. The molecule has 1 aromatic carbocycles. The molecule has 2 fully saturated rings. The van der Waals surface area contributed by atoms with Crippen LogP contribution in [0.4, 0.5) is 8.78 Å². The number of nitrogens with zero attached hydrogens (tertiary/aromatic N) is 6. The lowest BCUT2D eigenvalue weighted by atomic mass is 9.70. The number of morpholine rings is 1. The second kappa shape index (κ2) is 15.9. The summed E-state index contributed by atoms with van der Waals surface area (Å²) in [6, 6.07) is 10.4. The number of halogens is 2. The minimum atomic E-state index is -4.16. The van der Waals surface area contributed by atoms with Crippen LogP contribution >= 0.6 is 0 Å². The smallest absolute Gasteiger partial charge is 0.312 e. The van der Waals surface area contributed by atoms with Crippen molar-refractivity contribution in [1.29, 1.82) is 0 Å². The van der Waals surface area contributed by atoms with E-state index in [-0.39, 0.29) is 35.4 Å². The zero-order valence-corrected chi connectivity index (χ0v) is 33.1. The lowest BCUT2D eigenvalue weighted by Crippen LogP contribution is -2.50. The number of esters is 1. The number of hydrogen-bond acceptors (Lipinski definition) is 12. The number of carbonyl (C=O) groups excluding carboxylic acids is 1. The van der Waals surface area contributed by atoms with Gasteiger partial charge in [0.25, 0.3) is 6.43 Å². The largest absolute Gasteiger partial charge is 0.476 e. The first-order valence-electron chi connectivity index (χ1n) is 18.7. The van der Waals surface area contributed by atoms with Crippen LogP contribution in [-0.4, -0.2) is 115 Å². The van der Waals surface area contributed by atoms with E-state index in [9.17, 15) is 22.0 Å². The third-order valence-corrected chi connectivity index (χ3v) is 13.1. The second-order valence-corrected chi connectivity index (χ2v) is 17.1. The molecule has 3 aliphatic rings. The van der Waals surface area contributed by atoms with Crippen LogP contribution in [0.3, 0.4) is 0 Å². The second-order valence-electron chi connectivity index (χ2n) is 15.2. The van der Waals surface area contributed by atoms with Gasteiger partial charge in [0.05, 0.1) is 45.5 Å². The van der Waals surface area contributed by atoms with Crippen LogP contribution in [0.15, 0.2) is 47.5 Å². The van der Waals surface area contributed by atoms with Gasteiger partial charge in [0, 0.05) is 57.2 Å². The standard InChI is InChI=1S/C39H48F2N6O8S/c1-25-6-7-27(32(38(3,4)37(48)51-5)29-10-13-47-34(26(29)2)43-44-35(47)33(40)41)22-28(25)23-46-24-39(11-17-52-18-12-39)55-36-30(56(46,49)50)8-9-31(42-36)54-21-16-45-14-19-53-20-15-45/h6-10,13,22,32-33H,11-12,14-21,23-24H2,1-5H3/t32-/m0/s1. The summed E-state index contributed by atoms with van der Waals surface area (Å²) in [5.41, 5.74) is 1.65. The minimum absolute atomic E-state index is 0.00187. The van der Waals surface area contributed by atoms with Crippen molar-refractivity contribution in [3.05, 3.63) is 76.2 Å². The number of alkyl halides is 2. The molecule has 1 spiro atoms. The maximum absolute atomic E-state index is 14.6. The van der Waals surface area contributed by atoms with Crippen molar-refractivity contribution in [3.63, 3.8) is 0 Å². The van der Waals surface area contributed by atoms with Gasteiger partial charge in [0.2, 0.25) is 27.6 Å². The van der Waals surface area contributed by atoms with E-state index in [1.54, 1.807) is 32.9 Å². The number of methoxy groups -OCH3 is 1. The van der Waals surface area contributed by atoms with Gasteiger partial charge in [-0.2, -0.15) is 9.29 Å². The van der Waals surface area contributed by atoms with Gasteiger partial charge in [-0.15, -0.1) is 10.2 Å². The van der Waals surface area contributed by atoms with Crippen LogP contribution in [0.25, 0.3) is 5.65 Å². The number of aromatic nitrogens is 4. The number of aryl methyl sites for hydroxylation is 2. The highest BCUT2D eigenvalue weighted by Crippen LogP contribution is 2.45. The Labute approximate surface area is 325 Å². The van der Waals surface area contributed by atoms with Crippen LogP contribution in [0, 0.1) is 19.3 Å². The molecule has 14 nitrogen and oxygen atoms in total. The van der Waals surface area contributed by atoms with E-state index in [0.29, 0.717) is 74.7 Å². The van der Waals surface area contributed by atoms with Crippen molar-refractivity contribution in [2.45, 2.75) is 69.9 Å². The van der Waals surface area contributed by atoms with Gasteiger partial charge in [-0.05, 0) is 67.6 Å². The zero-order chi connectivity index (χ0) is 39.8. The zero-order valence-electron chi connectivity index (χ0n) is 32.3.